The van der Waals surface area contributed by atoms with Crippen LogP contribution in [-0.4, -0.2) is 41.9 Å². The standard InChI is InChI=1S/C16H21F3N2O/c1-12(15(22)21-9-3-4-10-21)20(2)11-13-5-7-14(8-6-13)16(17,18)19/h5-8,12H,3-4,9-11H2,1-2H3. The summed E-state index contributed by atoms with van der Waals surface area (Å²) in [6.07, 6.45) is -2.23. The Morgan fingerprint density at radius 3 is 2.27 bits per heavy atom. The number of carbonyl (C=O) groups excluding carboxylic acids is 1. The van der Waals surface area contributed by atoms with Gasteiger partial charge >= 0.3 is 6.18 Å². The molecule has 3 nitrogen and oxygen atoms in total. The molecule has 0 saturated carbocycles. The summed E-state index contributed by atoms with van der Waals surface area (Å²) in [7, 11) is 1.82. The van der Waals surface area contributed by atoms with E-state index in [2.05, 4.69) is 0 Å². The Labute approximate surface area is 128 Å². The predicted molar refractivity (Wildman–Crippen MR) is 78.2 cm³/mol. The fourth-order valence-corrected chi connectivity index (χ4v) is 2.61. The lowest BCUT2D eigenvalue weighted by Crippen LogP contribution is -2.44. The summed E-state index contributed by atoms with van der Waals surface area (Å²) in [5, 5.41) is 0. The zero-order chi connectivity index (χ0) is 16.3. The summed E-state index contributed by atoms with van der Waals surface area (Å²) in [4.78, 5) is 16.0. The van der Waals surface area contributed by atoms with E-state index in [4.69, 9.17) is 0 Å². The molecule has 1 unspecified atom stereocenters. The van der Waals surface area contributed by atoms with Crippen LogP contribution in [0.5, 0.6) is 0 Å². The number of likely N-dealkylation sites (N-methyl/N-ethyl adjacent to an activating group) is 1. The molecule has 0 radical (unpaired) electrons. The normalized spacial score (nSPS) is 17.1. The molecule has 1 heterocycles. The van der Waals surface area contributed by atoms with Crippen molar-refractivity contribution in [1.29, 1.82) is 0 Å². The average molecular weight is 314 g/mol. The van der Waals surface area contributed by atoms with Crippen LogP contribution in [0.1, 0.15) is 30.9 Å². The summed E-state index contributed by atoms with van der Waals surface area (Å²) in [6.45, 7) is 3.89. The van der Waals surface area contributed by atoms with Crippen LogP contribution in [0.2, 0.25) is 0 Å². The molecule has 6 heteroatoms. The number of nitrogens with zero attached hydrogens (tertiary/aromatic N) is 2. The predicted octanol–water partition coefficient (Wildman–Crippen LogP) is 3.15. The zero-order valence-electron chi connectivity index (χ0n) is 12.9. The van der Waals surface area contributed by atoms with Crippen LogP contribution in [0.15, 0.2) is 24.3 Å². The Kier molecular flexibility index (Phi) is 5.11. The SMILES string of the molecule is CC(C(=O)N1CCCC1)N(C)Cc1ccc(C(F)(F)F)cc1. The lowest BCUT2D eigenvalue weighted by atomic mass is 10.1. The lowest BCUT2D eigenvalue weighted by molar-refractivity contribution is -0.137. The van der Waals surface area contributed by atoms with Crippen molar-refractivity contribution in [2.24, 2.45) is 0 Å². The van der Waals surface area contributed by atoms with E-state index in [0.717, 1.165) is 43.6 Å². The van der Waals surface area contributed by atoms with Crippen molar-refractivity contribution in [2.45, 2.75) is 38.5 Å². The molecule has 1 amide bonds. The molecule has 0 aliphatic carbocycles. The van der Waals surface area contributed by atoms with E-state index in [-0.39, 0.29) is 11.9 Å². The number of rotatable bonds is 4. The molecule has 122 valence electrons. The Bertz CT molecular complexity index is 507. The van der Waals surface area contributed by atoms with Gasteiger partial charge in [-0.05, 0) is 44.5 Å². The van der Waals surface area contributed by atoms with E-state index in [1.807, 2.05) is 23.8 Å². The van der Waals surface area contributed by atoms with Crippen LogP contribution in [0, 0.1) is 0 Å². The molecule has 2 rings (SSSR count). The molecule has 1 saturated heterocycles. The van der Waals surface area contributed by atoms with Gasteiger partial charge in [-0.2, -0.15) is 13.2 Å². The monoisotopic (exact) mass is 314 g/mol. The summed E-state index contributed by atoms with van der Waals surface area (Å²) < 4.78 is 37.6. The molecule has 1 fully saturated rings. The average Bonchev–Trinajstić information content (AvgIpc) is 2.99. The second-order valence-electron chi connectivity index (χ2n) is 5.82. The van der Waals surface area contributed by atoms with Gasteiger partial charge in [0.05, 0.1) is 11.6 Å². The summed E-state index contributed by atoms with van der Waals surface area (Å²) in [6, 6.07) is 4.81. The van der Waals surface area contributed by atoms with Crippen molar-refractivity contribution >= 4 is 5.91 Å². The number of hydrogen-bond acceptors (Lipinski definition) is 2. The first-order chi connectivity index (χ1) is 10.3. The van der Waals surface area contributed by atoms with Gasteiger partial charge in [-0.25, -0.2) is 0 Å². The molecule has 22 heavy (non-hydrogen) atoms. The van der Waals surface area contributed by atoms with Crippen molar-refractivity contribution in [3.8, 4) is 0 Å². The van der Waals surface area contributed by atoms with Gasteiger partial charge in [-0.1, -0.05) is 12.1 Å². The maximum atomic E-state index is 12.5. The number of carbonyl (C=O) groups is 1. The van der Waals surface area contributed by atoms with Crippen LogP contribution < -0.4 is 0 Å². The van der Waals surface area contributed by atoms with Gasteiger partial charge in [0, 0.05) is 19.6 Å². The molecule has 0 aromatic heterocycles. The van der Waals surface area contributed by atoms with E-state index in [1.165, 1.54) is 12.1 Å². The topological polar surface area (TPSA) is 23.6 Å². The Balaban J connectivity index is 1.96. The maximum absolute atomic E-state index is 12.5. The maximum Gasteiger partial charge on any atom is 0.416 e. The van der Waals surface area contributed by atoms with Gasteiger partial charge in [0.15, 0.2) is 0 Å². The van der Waals surface area contributed by atoms with Crippen molar-refractivity contribution in [1.82, 2.24) is 9.80 Å². The highest BCUT2D eigenvalue weighted by Crippen LogP contribution is 2.29. The Hall–Kier alpha value is -1.56. The zero-order valence-corrected chi connectivity index (χ0v) is 12.9. The third kappa shape index (κ3) is 4.00. The van der Waals surface area contributed by atoms with Gasteiger partial charge in [0.1, 0.15) is 0 Å². The molecule has 1 aromatic carbocycles. The van der Waals surface area contributed by atoms with Crippen molar-refractivity contribution in [3.63, 3.8) is 0 Å². The van der Waals surface area contributed by atoms with Gasteiger partial charge in [-0.15, -0.1) is 0 Å². The minimum Gasteiger partial charge on any atom is -0.341 e. The second-order valence-corrected chi connectivity index (χ2v) is 5.82. The molecular formula is C16H21F3N2O. The van der Waals surface area contributed by atoms with E-state index in [9.17, 15) is 18.0 Å². The lowest BCUT2D eigenvalue weighted by Gasteiger charge is -2.28. The highest BCUT2D eigenvalue weighted by atomic mass is 19.4. The van der Waals surface area contributed by atoms with Gasteiger partial charge in [-0.3, -0.25) is 9.69 Å². The van der Waals surface area contributed by atoms with Crippen molar-refractivity contribution < 1.29 is 18.0 Å². The van der Waals surface area contributed by atoms with Crippen LogP contribution in [0.3, 0.4) is 0 Å². The second kappa shape index (κ2) is 6.69. The summed E-state index contributed by atoms with van der Waals surface area (Å²) >= 11 is 0. The third-order valence-corrected chi connectivity index (χ3v) is 4.15. The molecular weight excluding hydrogens is 293 g/mol. The molecule has 1 aliphatic heterocycles. The first kappa shape index (κ1) is 16.8. The Morgan fingerprint density at radius 2 is 1.77 bits per heavy atom. The number of alkyl halides is 3. The van der Waals surface area contributed by atoms with Crippen LogP contribution in [-0.2, 0) is 17.5 Å². The van der Waals surface area contributed by atoms with Gasteiger partial charge < -0.3 is 4.90 Å². The molecule has 0 bridgehead atoms. The fourth-order valence-electron chi connectivity index (χ4n) is 2.61. The number of amides is 1. The van der Waals surface area contributed by atoms with Crippen LogP contribution in [0.25, 0.3) is 0 Å². The van der Waals surface area contributed by atoms with Crippen LogP contribution >= 0.6 is 0 Å². The van der Waals surface area contributed by atoms with E-state index in [1.54, 1.807) is 0 Å². The first-order valence-corrected chi connectivity index (χ1v) is 7.44. The molecule has 0 N–H and O–H groups in total. The Morgan fingerprint density at radius 1 is 1.23 bits per heavy atom. The van der Waals surface area contributed by atoms with Crippen molar-refractivity contribution in [3.05, 3.63) is 35.4 Å². The summed E-state index contributed by atoms with van der Waals surface area (Å²) in [5.74, 6) is 0.0897. The fraction of sp³-hybridized carbons (Fsp3) is 0.562. The van der Waals surface area contributed by atoms with E-state index >= 15 is 0 Å². The quantitative estimate of drug-likeness (QED) is 0.852. The number of likely N-dealkylation sites (tertiary alicyclic amines) is 1. The number of hydrogen-bond donors (Lipinski definition) is 0. The third-order valence-electron chi connectivity index (χ3n) is 4.15. The first-order valence-electron chi connectivity index (χ1n) is 7.44. The smallest absolute Gasteiger partial charge is 0.341 e. The van der Waals surface area contributed by atoms with E-state index in [0.29, 0.717) is 6.54 Å². The van der Waals surface area contributed by atoms with Gasteiger partial charge in [0.2, 0.25) is 5.91 Å². The number of halogens is 3. The van der Waals surface area contributed by atoms with Crippen LogP contribution in [0.4, 0.5) is 13.2 Å². The highest BCUT2D eigenvalue weighted by molar-refractivity contribution is 5.81. The molecule has 1 atom stereocenters. The molecule has 1 aromatic rings. The largest absolute Gasteiger partial charge is 0.416 e. The minimum atomic E-state index is -4.32. The minimum absolute atomic E-state index is 0.0897. The number of benzene rings is 1. The summed E-state index contributed by atoms with van der Waals surface area (Å²) in [5.41, 5.74) is 0.108. The highest BCUT2D eigenvalue weighted by Gasteiger charge is 2.30. The molecule has 1 aliphatic rings. The van der Waals surface area contributed by atoms with Crippen molar-refractivity contribution in [2.75, 3.05) is 20.1 Å². The van der Waals surface area contributed by atoms with E-state index < -0.39 is 11.7 Å². The van der Waals surface area contributed by atoms with Gasteiger partial charge in [0.25, 0.3) is 0 Å². The molecule has 0 spiro atoms.